The maximum Gasteiger partial charge on any atom is 0.357 e. The molecule has 0 radical (unpaired) electrons. The van der Waals surface area contributed by atoms with Crippen molar-refractivity contribution < 1.29 is 14.4 Å². The Morgan fingerprint density at radius 2 is 1.62 bits per heavy atom. The highest BCUT2D eigenvalue weighted by atomic mass is 16.7. The summed E-state index contributed by atoms with van der Waals surface area (Å²) in [6, 6.07) is 6.48. The van der Waals surface area contributed by atoms with Crippen molar-refractivity contribution in [2.75, 3.05) is 0 Å². The zero-order valence-electron chi connectivity index (χ0n) is 13.2. The number of benzene rings is 1. The Labute approximate surface area is 126 Å². The van der Waals surface area contributed by atoms with E-state index in [9.17, 15) is 9.59 Å². The summed E-state index contributed by atoms with van der Waals surface area (Å²) < 4.78 is 0. The van der Waals surface area contributed by atoms with E-state index < -0.39 is 0 Å². The van der Waals surface area contributed by atoms with E-state index in [2.05, 4.69) is 27.7 Å². The quantitative estimate of drug-likeness (QED) is 0.797. The van der Waals surface area contributed by atoms with E-state index >= 15 is 0 Å². The molecule has 4 nitrogen and oxygen atoms in total. The topological polar surface area (TPSA) is 46.6 Å². The Morgan fingerprint density at radius 3 is 2.10 bits per heavy atom. The molecule has 0 aliphatic carbocycles. The van der Waals surface area contributed by atoms with Crippen LogP contribution in [0.3, 0.4) is 0 Å². The van der Waals surface area contributed by atoms with E-state index in [1.165, 1.54) is 0 Å². The molecule has 4 heteroatoms. The van der Waals surface area contributed by atoms with E-state index in [-0.39, 0.29) is 17.0 Å². The van der Waals surface area contributed by atoms with Gasteiger partial charge in [0.2, 0.25) is 0 Å². The van der Waals surface area contributed by atoms with Crippen LogP contribution in [0.4, 0.5) is 0 Å². The number of carbonyl (C=O) groups excluding carboxylic acids is 2. The largest absolute Gasteiger partial charge is 0.363 e. The second kappa shape index (κ2) is 5.60. The number of hydrogen-bond donors (Lipinski definition) is 0. The summed E-state index contributed by atoms with van der Waals surface area (Å²) in [6.45, 7) is 8.38. The lowest BCUT2D eigenvalue weighted by Crippen LogP contribution is -2.58. The van der Waals surface area contributed by atoms with Gasteiger partial charge in [0, 0.05) is 5.56 Å². The minimum absolute atomic E-state index is 0.180. The number of piperidine rings is 1. The third kappa shape index (κ3) is 3.32. The van der Waals surface area contributed by atoms with Gasteiger partial charge in [-0.1, -0.05) is 12.1 Å². The Balaban J connectivity index is 2.17. The van der Waals surface area contributed by atoms with Crippen LogP contribution in [0.1, 0.15) is 67.7 Å². The molecule has 1 fully saturated rings. The van der Waals surface area contributed by atoms with Crippen LogP contribution in [-0.4, -0.2) is 28.4 Å². The number of rotatable bonds is 3. The van der Waals surface area contributed by atoms with E-state index in [4.69, 9.17) is 4.84 Å². The molecule has 0 amide bonds. The van der Waals surface area contributed by atoms with Crippen molar-refractivity contribution in [3.63, 3.8) is 0 Å². The molecule has 1 aliphatic rings. The van der Waals surface area contributed by atoms with Crippen LogP contribution in [0.15, 0.2) is 24.3 Å². The molecule has 1 saturated heterocycles. The van der Waals surface area contributed by atoms with Crippen LogP contribution in [-0.2, 0) is 4.84 Å². The van der Waals surface area contributed by atoms with Gasteiger partial charge < -0.3 is 4.84 Å². The van der Waals surface area contributed by atoms with E-state index in [0.717, 1.165) is 25.5 Å². The lowest BCUT2D eigenvalue weighted by Gasteiger charge is -2.50. The predicted octanol–water partition coefficient (Wildman–Crippen LogP) is 3.61. The summed E-state index contributed by atoms with van der Waals surface area (Å²) in [6.07, 6.45) is 3.87. The first kappa shape index (κ1) is 15.7. The first-order chi connectivity index (χ1) is 9.76. The highest BCUT2D eigenvalue weighted by molar-refractivity contribution is 5.90. The first-order valence-corrected chi connectivity index (χ1v) is 7.34. The van der Waals surface area contributed by atoms with Gasteiger partial charge in [0.15, 0.2) is 0 Å². The molecule has 1 aromatic carbocycles. The molecule has 0 aromatic heterocycles. The predicted molar refractivity (Wildman–Crippen MR) is 81.1 cm³/mol. The third-order valence-corrected chi connectivity index (χ3v) is 4.13. The Kier molecular flexibility index (Phi) is 4.19. The molecule has 1 aliphatic heterocycles. The lowest BCUT2D eigenvalue weighted by atomic mass is 9.82. The van der Waals surface area contributed by atoms with Crippen molar-refractivity contribution >= 4 is 12.3 Å². The number of nitrogens with zero attached hydrogens (tertiary/aromatic N) is 1. The minimum Gasteiger partial charge on any atom is -0.363 e. The van der Waals surface area contributed by atoms with Crippen LogP contribution < -0.4 is 0 Å². The van der Waals surface area contributed by atoms with Crippen LogP contribution in [0.5, 0.6) is 0 Å². The molecule has 2 rings (SSSR count). The van der Waals surface area contributed by atoms with Crippen LogP contribution >= 0.6 is 0 Å². The summed E-state index contributed by atoms with van der Waals surface area (Å²) in [7, 11) is 0. The molecule has 0 spiro atoms. The summed E-state index contributed by atoms with van der Waals surface area (Å²) in [5, 5.41) is 1.83. The number of carbonyl (C=O) groups is 2. The number of hydroxylamine groups is 2. The Hall–Kier alpha value is -1.68. The van der Waals surface area contributed by atoms with Gasteiger partial charge in [-0.3, -0.25) is 4.79 Å². The van der Waals surface area contributed by atoms with Gasteiger partial charge in [-0.05, 0) is 59.1 Å². The molecular formula is C17H23NO3. The molecule has 0 bridgehead atoms. The average Bonchev–Trinajstić information content (AvgIpc) is 2.42. The van der Waals surface area contributed by atoms with Crippen molar-refractivity contribution in [3.05, 3.63) is 35.4 Å². The molecule has 0 saturated carbocycles. The van der Waals surface area contributed by atoms with E-state index in [1.54, 1.807) is 24.3 Å². The smallest absolute Gasteiger partial charge is 0.357 e. The van der Waals surface area contributed by atoms with Gasteiger partial charge in [0.25, 0.3) is 0 Å². The first-order valence-electron chi connectivity index (χ1n) is 7.34. The second-order valence-electron chi connectivity index (χ2n) is 6.89. The SMILES string of the molecule is CC1(C)CCCC(C)(C)N1OC(=O)c1ccc(C=O)cc1. The highest BCUT2D eigenvalue weighted by Crippen LogP contribution is 2.38. The van der Waals surface area contributed by atoms with Gasteiger partial charge in [-0.25, -0.2) is 4.79 Å². The lowest BCUT2D eigenvalue weighted by molar-refractivity contribution is -0.240. The summed E-state index contributed by atoms with van der Waals surface area (Å²) in [5.74, 6) is -0.379. The molecule has 1 heterocycles. The van der Waals surface area contributed by atoms with Crippen LogP contribution in [0.2, 0.25) is 0 Å². The zero-order chi connectivity index (χ0) is 15.7. The second-order valence-corrected chi connectivity index (χ2v) is 6.89. The van der Waals surface area contributed by atoms with E-state index in [0.29, 0.717) is 11.1 Å². The fraction of sp³-hybridized carbons (Fsp3) is 0.529. The Bertz CT molecular complexity index is 515. The minimum atomic E-state index is -0.379. The van der Waals surface area contributed by atoms with E-state index in [1.807, 2.05) is 5.06 Å². The summed E-state index contributed by atoms with van der Waals surface area (Å²) in [5.41, 5.74) is 0.642. The van der Waals surface area contributed by atoms with Gasteiger partial charge in [0.1, 0.15) is 6.29 Å². The monoisotopic (exact) mass is 289 g/mol. The van der Waals surface area contributed by atoms with Crippen molar-refractivity contribution in [2.45, 2.75) is 58.0 Å². The summed E-state index contributed by atoms with van der Waals surface area (Å²) in [4.78, 5) is 28.7. The molecule has 1 aromatic rings. The number of hydrogen-bond acceptors (Lipinski definition) is 4. The maximum absolute atomic E-state index is 12.3. The molecule has 0 N–H and O–H groups in total. The van der Waals surface area contributed by atoms with Crippen molar-refractivity contribution in [2.24, 2.45) is 0 Å². The van der Waals surface area contributed by atoms with Crippen molar-refractivity contribution in [3.8, 4) is 0 Å². The maximum atomic E-state index is 12.3. The fourth-order valence-corrected chi connectivity index (χ4v) is 3.06. The zero-order valence-corrected chi connectivity index (χ0v) is 13.2. The van der Waals surface area contributed by atoms with Gasteiger partial charge >= 0.3 is 5.97 Å². The van der Waals surface area contributed by atoms with Crippen LogP contribution in [0, 0.1) is 0 Å². The van der Waals surface area contributed by atoms with Gasteiger partial charge in [-0.15, -0.1) is 5.06 Å². The molecule has 114 valence electrons. The molecule has 21 heavy (non-hydrogen) atoms. The highest BCUT2D eigenvalue weighted by Gasteiger charge is 2.44. The normalized spacial score (nSPS) is 20.8. The Morgan fingerprint density at radius 1 is 1.10 bits per heavy atom. The number of aldehydes is 1. The third-order valence-electron chi connectivity index (χ3n) is 4.13. The summed E-state index contributed by atoms with van der Waals surface area (Å²) >= 11 is 0. The van der Waals surface area contributed by atoms with Crippen LogP contribution in [0.25, 0.3) is 0 Å². The van der Waals surface area contributed by atoms with Crippen molar-refractivity contribution in [1.29, 1.82) is 0 Å². The van der Waals surface area contributed by atoms with Crippen molar-refractivity contribution in [1.82, 2.24) is 5.06 Å². The molecule has 0 atom stereocenters. The standard InChI is InChI=1S/C17H23NO3/c1-16(2)10-5-11-17(3,4)18(16)21-15(20)14-8-6-13(12-19)7-9-14/h6-9,12H,5,10-11H2,1-4H3. The fourth-order valence-electron chi connectivity index (χ4n) is 3.06. The average molecular weight is 289 g/mol. The molecule has 0 unspecified atom stereocenters. The van der Waals surface area contributed by atoms with Gasteiger partial charge in [0.05, 0.1) is 16.6 Å². The molecular weight excluding hydrogens is 266 g/mol. The van der Waals surface area contributed by atoms with Gasteiger partial charge in [-0.2, -0.15) is 0 Å².